The zero-order valence-corrected chi connectivity index (χ0v) is 14.6. The molecule has 2 heterocycles. The Bertz CT molecular complexity index is 515. The minimum Gasteiger partial charge on any atom is -0.492 e. The summed E-state index contributed by atoms with van der Waals surface area (Å²) in [4.78, 5) is 17.1. The highest BCUT2D eigenvalue weighted by Gasteiger charge is 2.30. The van der Waals surface area contributed by atoms with Gasteiger partial charge in [-0.2, -0.15) is 0 Å². The van der Waals surface area contributed by atoms with Gasteiger partial charge in [-0.15, -0.1) is 0 Å². The van der Waals surface area contributed by atoms with E-state index >= 15 is 0 Å². The number of nitrogens with zero attached hydrogens (tertiary/aromatic N) is 2. The highest BCUT2D eigenvalue weighted by Crippen LogP contribution is 2.19. The molecule has 1 aromatic rings. The second kappa shape index (κ2) is 8.49. The van der Waals surface area contributed by atoms with Gasteiger partial charge in [0.15, 0.2) is 0 Å². The van der Waals surface area contributed by atoms with Crippen LogP contribution >= 0.6 is 0 Å². The maximum absolute atomic E-state index is 12.7. The van der Waals surface area contributed by atoms with E-state index < -0.39 is 0 Å². The average molecular weight is 331 g/mol. The van der Waals surface area contributed by atoms with E-state index in [2.05, 4.69) is 22.0 Å². The van der Waals surface area contributed by atoms with E-state index in [4.69, 9.17) is 4.74 Å². The molecule has 1 amide bonds. The number of ether oxygens (including phenoxy) is 1. The fraction of sp³-hybridized carbons (Fsp3) is 0.632. The summed E-state index contributed by atoms with van der Waals surface area (Å²) in [5.74, 6) is 1.50. The van der Waals surface area contributed by atoms with Crippen molar-refractivity contribution in [3.8, 4) is 5.75 Å². The molecule has 2 aliphatic rings. The first-order valence-corrected chi connectivity index (χ1v) is 9.15. The van der Waals surface area contributed by atoms with Crippen LogP contribution in [0.25, 0.3) is 0 Å². The van der Waals surface area contributed by atoms with Crippen LogP contribution in [0.4, 0.5) is 0 Å². The third-order valence-corrected chi connectivity index (χ3v) is 5.08. The third-order valence-electron chi connectivity index (χ3n) is 5.08. The van der Waals surface area contributed by atoms with Gasteiger partial charge in [-0.3, -0.25) is 9.69 Å². The molecule has 0 saturated carbocycles. The number of piperidine rings is 1. The second-order valence-corrected chi connectivity index (χ2v) is 6.90. The maximum Gasteiger partial charge on any atom is 0.225 e. The second-order valence-electron chi connectivity index (χ2n) is 6.90. The zero-order valence-electron chi connectivity index (χ0n) is 14.6. The molecule has 2 aliphatic heterocycles. The van der Waals surface area contributed by atoms with E-state index in [9.17, 15) is 4.79 Å². The summed E-state index contributed by atoms with van der Waals surface area (Å²) in [5.41, 5.74) is 0. The Morgan fingerprint density at radius 1 is 1.21 bits per heavy atom. The fourth-order valence-electron chi connectivity index (χ4n) is 3.62. The number of nitrogens with one attached hydrogen (secondary N) is 1. The zero-order chi connectivity index (χ0) is 16.8. The van der Waals surface area contributed by atoms with E-state index in [0.29, 0.717) is 18.6 Å². The van der Waals surface area contributed by atoms with E-state index in [1.165, 1.54) is 0 Å². The van der Waals surface area contributed by atoms with Gasteiger partial charge in [-0.1, -0.05) is 18.2 Å². The van der Waals surface area contributed by atoms with Crippen molar-refractivity contribution in [1.82, 2.24) is 15.1 Å². The van der Waals surface area contributed by atoms with Crippen LogP contribution in [0.2, 0.25) is 0 Å². The molecule has 5 nitrogen and oxygen atoms in total. The normalized spacial score (nSPS) is 25.5. The monoisotopic (exact) mass is 331 g/mol. The molecule has 0 radical (unpaired) electrons. The van der Waals surface area contributed by atoms with E-state index in [0.717, 1.165) is 57.9 Å². The number of para-hydroxylation sites is 1. The molecule has 0 aromatic heterocycles. The van der Waals surface area contributed by atoms with Gasteiger partial charge in [0.2, 0.25) is 5.91 Å². The lowest BCUT2D eigenvalue weighted by Gasteiger charge is -2.38. The standard InChI is InChI=1S/C19H29N3O2/c1-16-15-17(7-8-20-16)19(23)22-11-9-21(10-12-22)13-14-24-18-5-3-2-4-6-18/h2-6,16-17,20H,7-15H2,1H3/t16-,17-/m0/s1. The summed E-state index contributed by atoms with van der Waals surface area (Å²) in [7, 11) is 0. The largest absolute Gasteiger partial charge is 0.492 e. The number of hydrogen-bond donors (Lipinski definition) is 1. The predicted molar refractivity (Wildman–Crippen MR) is 95.1 cm³/mol. The van der Waals surface area contributed by atoms with Crippen LogP contribution in [0.15, 0.2) is 30.3 Å². The Hall–Kier alpha value is -1.59. The van der Waals surface area contributed by atoms with Crippen molar-refractivity contribution >= 4 is 5.91 Å². The molecular formula is C19H29N3O2. The topological polar surface area (TPSA) is 44.8 Å². The van der Waals surface area contributed by atoms with Crippen LogP contribution in [0, 0.1) is 5.92 Å². The summed E-state index contributed by atoms with van der Waals surface area (Å²) in [6.45, 7) is 8.35. The smallest absolute Gasteiger partial charge is 0.225 e. The number of benzene rings is 1. The van der Waals surface area contributed by atoms with Crippen molar-refractivity contribution in [3.63, 3.8) is 0 Å². The number of hydrogen-bond acceptors (Lipinski definition) is 4. The third kappa shape index (κ3) is 4.71. The summed E-state index contributed by atoms with van der Waals surface area (Å²) in [6.07, 6.45) is 1.96. The first-order chi connectivity index (χ1) is 11.7. The molecule has 0 unspecified atom stereocenters. The van der Waals surface area contributed by atoms with Crippen LogP contribution in [-0.2, 0) is 4.79 Å². The molecule has 2 fully saturated rings. The summed E-state index contributed by atoms with van der Waals surface area (Å²) in [6, 6.07) is 10.4. The van der Waals surface area contributed by atoms with Gasteiger partial charge in [0, 0.05) is 44.7 Å². The maximum atomic E-state index is 12.7. The molecule has 0 spiro atoms. The van der Waals surface area contributed by atoms with Gasteiger partial charge in [0.05, 0.1) is 0 Å². The molecule has 24 heavy (non-hydrogen) atoms. The molecule has 1 aromatic carbocycles. The molecule has 2 saturated heterocycles. The molecular weight excluding hydrogens is 302 g/mol. The number of carbonyl (C=O) groups is 1. The molecule has 132 valence electrons. The van der Waals surface area contributed by atoms with Gasteiger partial charge in [0.25, 0.3) is 0 Å². The Balaban J connectivity index is 1.37. The Morgan fingerprint density at radius 2 is 1.96 bits per heavy atom. The number of rotatable bonds is 5. The Morgan fingerprint density at radius 3 is 2.67 bits per heavy atom. The average Bonchev–Trinajstić information content (AvgIpc) is 2.63. The van der Waals surface area contributed by atoms with Crippen molar-refractivity contribution in [1.29, 1.82) is 0 Å². The van der Waals surface area contributed by atoms with E-state index in [-0.39, 0.29) is 5.92 Å². The first-order valence-electron chi connectivity index (χ1n) is 9.15. The predicted octanol–water partition coefficient (Wildman–Crippen LogP) is 1.60. The number of carbonyl (C=O) groups excluding carboxylic acids is 1. The molecule has 0 bridgehead atoms. The van der Waals surface area contributed by atoms with Gasteiger partial charge >= 0.3 is 0 Å². The fourth-order valence-corrected chi connectivity index (χ4v) is 3.62. The van der Waals surface area contributed by atoms with Crippen LogP contribution < -0.4 is 10.1 Å². The molecule has 0 aliphatic carbocycles. The highest BCUT2D eigenvalue weighted by molar-refractivity contribution is 5.79. The highest BCUT2D eigenvalue weighted by atomic mass is 16.5. The van der Waals surface area contributed by atoms with Crippen LogP contribution in [0.1, 0.15) is 19.8 Å². The van der Waals surface area contributed by atoms with Gasteiger partial charge in [-0.25, -0.2) is 0 Å². The van der Waals surface area contributed by atoms with Gasteiger partial charge in [0.1, 0.15) is 12.4 Å². The summed E-state index contributed by atoms with van der Waals surface area (Å²) < 4.78 is 5.76. The number of piperazine rings is 1. The molecule has 3 rings (SSSR count). The lowest BCUT2D eigenvalue weighted by molar-refractivity contribution is -0.138. The molecule has 5 heteroatoms. The SMILES string of the molecule is C[C@H]1C[C@@H](C(=O)N2CCN(CCOc3ccccc3)CC2)CCN1. The minimum absolute atomic E-state index is 0.217. The van der Waals surface area contributed by atoms with Crippen molar-refractivity contribution in [2.75, 3.05) is 45.9 Å². The van der Waals surface area contributed by atoms with Crippen molar-refractivity contribution in [3.05, 3.63) is 30.3 Å². The Kier molecular flexibility index (Phi) is 6.10. The van der Waals surface area contributed by atoms with E-state index in [1.807, 2.05) is 30.3 Å². The summed E-state index contributed by atoms with van der Waals surface area (Å²) in [5, 5.41) is 3.42. The summed E-state index contributed by atoms with van der Waals surface area (Å²) >= 11 is 0. The lowest BCUT2D eigenvalue weighted by Crippen LogP contribution is -2.52. The van der Waals surface area contributed by atoms with E-state index in [1.54, 1.807) is 0 Å². The molecule has 1 N–H and O–H groups in total. The lowest BCUT2D eigenvalue weighted by atomic mass is 9.92. The van der Waals surface area contributed by atoms with Gasteiger partial charge in [-0.05, 0) is 38.4 Å². The Labute approximate surface area is 145 Å². The van der Waals surface area contributed by atoms with Crippen LogP contribution in [0.3, 0.4) is 0 Å². The van der Waals surface area contributed by atoms with Crippen LogP contribution in [-0.4, -0.2) is 67.6 Å². The first kappa shape index (κ1) is 17.2. The number of amides is 1. The van der Waals surface area contributed by atoms with Crippen molar-refractivity contribution in [2.24, 2.45) is 5.92 Å². The quantitative estimate of drug-likeness (QED) is 0.890. The minimum atomic E-state index is 0.217. The van der Waals surface area contributed by atoms with Gasteiger partial charge < -0.3 is 15.0 Å². The van der Waals surface area contributed by atoms with Crippen molar-refractivity contribution < 1.29 is 9.53 Å². The van der Waals surface area contributed by atoms with Crippen LogP contribution in [0.5, 0.6) is 5.75 Å². The van der Waals surface area contributed by atoms with Crippen molar-refractivity contribution in [2.45, 2.75) is 25.8 Å². The molecule has 2 atom stereocenters.